The first-order valence-electron chi connectivity index (χ1n) is 5.61. The molecular formula is C12H10F6O3. The number of hydrogen-bond donors (Lipinski definition) is 1. The van der Waals surface area contributed by atoms with Crippen molar-refractivity contribution in [1.29, 1.82) is 0 Å². The van der Waals surface area contributed by atoms with Crippen molar-refractivity contribution in [3.8, 4) is 0 Å². The van der Waals surface area contributed by atoms with Crippen LogP contribution in [-0.4, -0.2) is 23.6 Å². The quantitative estimate of drug-likeness (QED) is 0.686. The fourth-order valence-corrected chi connectivity index (χ4v) is 1.48. The molecule has 0 aliphatic rings. The van der Waals surface area contributed by atoms with Crippen LogP contribution in [0.2, 0.25) is 0 Å². The first kappa shape index (κ1) is 17.3. The van der Waals surface area contributed by atoms with Crippen molar-refractivity contribution in [3.05, 3.63) is 35.1 Å². The highest BCUT2D eigenvalue weighted by Gasteiger charge is 2.49. The average molecular weight is 316 g/mol. The van der Waals surface area contributed by atoms with Crippen molar-refractivity contribution in [2.24, 2.45) is 0 Å². The highest BCUT2D eigenvalue weighted by Crippen LogP contribution is 2.36. The van der Waals surface area contributed by atoms with Crippen molar-refractivity contribution in [1.82, 2.24) is 0 Å². The van der Waals surface area contributed by atoms with Crippen LogP contribution in [-0.2, 0) is 15.7 Å². The zero-order chi connectivity index (χ0) is 16.4. The van der Waals surface area contributed by atoms with Gasteiger partial charge in [-0.3, -0.25) is 0 Å². The van der Waals surface area contributed by atoms with Crippen molar-refractivity contribution in [2.45, 2.75) is 25.1 Å². The molecule has 0 radical (unpaired) electrons. The Labute approximate surface area is 115 Å². The Morgan fingerprint density at radius 3 is 2.29 bits per heavy atom. The Balaban J connectivity index is 3.21. The smallest absolute Gasteiger partial charge is 0.416 e. The summed E-state index contributed by atoms with van der Waals surface area (Å²) in [6.45, 7) is 0.808. The predicted molar refractivity (Wildman–Crippen MR) is 57.9 cm³/mol. The Morgan fingerprint density at radius 1 is 1.24 bits per heavy atom. The molecule has 0 saturated heterocycles. The zero-order valence-electron chi connectivity index (χ0n) is 10.5. The molecule has 0 fully saturated rings. The molecule has 1 unspecified atom stereocenters. The van der Waals surface area contributed by atoms with E-state index in [2.05, 4.69) is 4.74 Å². The van der Waals surface area contributed by atoms with Gasteiger partial charge in [0.05, 0.1) is 12.2 Å². The molecule has 9 heteroatoms. The second-order valence-electron chi connectivity index (χ2n) is 4.02. The summed E-state index contributed by atoms with van der Waals surface area (Å²) in [5.41, 5.74) is -2.64. The van der Waals surface area contributed by atoms with Crippen LogP contribution in [0.4, 0.5) is 26.3 Å². The number of aliphatic hydroxyl groups excluding tert-OH is 1. The lowest BCUT2D eigenvalue weighted by Crippen LogP contribution is -2.37. The molecule has 0 spiro atoms. The van der Waals surface area contributed by atoms with E-state index in [4.69, 9.17) is 0 Å². The van der Waals surface area contributed by atoms with Crippen LogP contribution in [0.1, 0.15) is 24.2 Å². The minimum atomic E-state index is -4.99. The molecule has 3 nitrogen and oxygen atoms in total. The van der Waals surface area contributed by atoms with E-state index in [1.54, 1.807) is 0 Å². The first-order valence-corrected chi connectivity index (χ1v) is 5.61. The summed E-state index contributed by atoms with van der Waals surface area (Å²) in [6, 6.07) is 0.507. The molecule has 0 amide bonds. The summed E-state index contributed by atoms with van der Waals surface area (Å²) < 4.78 is 81.5. The molecule has 0 heterocycles. The second-order valence-corrected chi connectivity index (χ2v) is 4.02. The maximum atomic E-state index is 13.5. The van der Waals surface area contributed by atoms with E-state index >= 15 is 0 Å². The molecule has 0 bridgehead atoms. The number of halogens is 6. The van der Waals surface area contributed by atoms with E-state index in [1.165, 1.54) is 6.92 Å². The number of rotatable bonds is 4. The third-order valence-corrected chi connectivity index (χ3v) is 2.45. The number of esters is 1. The van der Waals surface area contributed by atoms with Crippen molar-refractivity contribution >= 4 is 5.97 Å². The standard InChI is InChI=1S/C12H10F6O3/c1-2-21-10(20)11(14,15)9(19)6-3-7(12(16,17)18)5-8(13)4-6/h3-5,9,19H,2H2,1H3. The fraction of sp³-hybridized carbons (Fsp3) is 0.417. The van der Waals surface area contributed by atoms with Crippen LogP contribution in [0.25, 0.3) is 0 Å². The summed E-state index contributed by atoms with van der Waals surface area (Å²) in [7, 11) is 0. The Kier molecular flexibility index (Phi) is 4.87. The number of carbonyl (C=O) groups is 1. The van der Waals surface area contributed by atoms with Gasteiger partial charge in [0, 0.05) is 0 Å². The predicted octanol–water partition coefficient (Wildman–Crippen LogP) is 3.08. The lowest BCUT2D eigenvalue weighted by Gasteiger charge is -2.21. The number of benzene rings is 1. The Bertz CT molecular complexity index is 526. The Hall–Kier alpha value is -1.77. The number of alkyl halides is 5. The number of aliphatic hydroxyl groups is 1. The van der Waals surface area contributed by atoms with Gasteiger partial charge in [0.25, 0.3) is 0 Å². The fourth-order valence-electron chi connectivity index (χ4n) is 1.48. The van der Waals surface area contributed by atoms with Crippen LogP contribution >= 0.6 is 0 Å². The Morgan fingerprint density at radius 2 is 1.81 bits per heavy atom. The van der Waals surface area contributed by atoms with E-state index in [9.17, 15) is 36.2 Å². The largest absolute Gasteiger partial charge is 0.461 e. The van der Waals surface area contributed by atoms with Gasteiger partial charge >= 0.3 is 18.1 Å². The van der Waals surface area contributed by atoms with Crippen molar-refractivity contribution < 1.29 is 41.0 Å². The first-order chi connectivity index (χ1) is 9.50. The van der Waals surface area contributed by atoms with Gasteiger partial charge in [0.15, 0.2) is 6.10 Å². The molecule has 0 aliphatic heterocycles. The van der Waals surface area contributed by atoms with E-state index in [-0.39, 0.29) is 18.2 Å². The zero-order valence-corrected chi connectivity index (χ0v) is 10.5. The highest BCUT2D eigenvalue weighted by atomic mass is 19.4. The molecule has 0 aliphatic carbocycles. The van der Waals surface area contributed by atoms with E-state index in [0.717, 1.165) is 0 Å². The molecule has 118 valence electrons. The third-order valence-electron chi connectivity index (χ3n) is 2.45. The van der Waals surface area contributed by atoms with E-state index < -0.39 is 47.7 Å². The minimum absolute atomic E-state index is 0.0821. The summed E-state index contributed by atoms with van der Waals surface area (Å²) in [5.74, 6) is -8.10. The maximum Gasteiger partial charge on any atom is 0.416 e. The van der Waals surface area contributed by atoms with Gasteiger partial charge < -0.3 is 9.84 Å². The lowest BCUT2D eigenvalue weighted by molar-refractivity contribution is -0.189. The summed E-state index contributed by atoms with van der Waals surface area (Å²) in [4.78, 5) is 11.0. The lowest BCUT2D eigenvalue weighted by atomic mass is 10.0. The molecular weight excluding hydrogens is 306 g/mol. The van der Waals surface area contributed by atoms with Crippen molar-refractivity contribution in [2.75, 3.05) is 6.61 Å². The van der Waals surface area contributed by atoms with Crippen LogP contribution in [0, 0.1) is 5.82 Å². The molecule has 1 N–H and O–H groups in total. The van der Waals surface area contributed by atoms with Crippen LogP contribution in [0.15, 0.2) is 18.2 Å². The molecule has 1 aromatic rings. The molecule has 0 saturated carbocycles. The monoisotopic (exact) mass is 316 g/mol. The van der Waals surface area contributed by atoms with Gasteiger partial charge in [-0.1, -0.05) is 0 Å². The summed E-state index contributed by atoms with van der Waals surface area (Å²) in [5, 5.41) is 9.38. The molecule has 1 rings (SSSR count). The molecule has 1 atom stereocenters. The summed E-state index contributed by atoms with van der Waals surface area (Å²) in [6.07, 6.45) is -7.95. The second kappa shape index (κ2) is 5.92. The summed E-state index contributed by atoms with van der Waals surface area (Å²) >= 11 is 0. The van der Waals surface area contributed by atoms with Gasteiger partial charge in [-0.2, -0.15) is 22.0 Å². The maximum absolute atomic E-state index is 13.5. The number of hydrogen-bond acceptors (Lipinski definition) is 3. The number of ether oxygens (including phenoxy) is 1. The van der Waals surface area contributed by atoms with Gasteiger partial charge in [-0.05, 0) is 30.7 Å². The van der Waals surface area contributed by atoms with Crippen molar-refractivity contribution in [3.63, 3.8) is 0 Å². The minimum Gasteiger partial charge on any atom is -0.461 e. The van der Waals surface area contributed by atoms with Crippen LogP contribution in [0.3, 0.4) is 0 Å². The van der Waals surface area contributed by atoms with Crippen LogP contribution in [0.5, 0.6) is 0 Å². The van der Waals surface area contributed by atoms with E-state index in [1.807, 2.05) is 0 Å². The highest BCUT2D eigenvalue weighted by molar-refractivity contribution is 5.78. The number of carbonyl (C=O) groups excluding carboxylic acids is 1. The van der Waals surface area contributed by atoms with Gasteiger partial charge in [-0.15, -0.1) is 0 Å². The third kappa shape index (κ3) is 3.87. The topological polar surface area (TPSA) is 46.5 Å². The SMILES string of the molecule is CCOC(=O)C(F)(F)C(O)c1cc(F)cc(C(F)(F)F)c1. The molecule has 1 aromatic carbocycles. The van der Waals surface area contributed by atoms with Gasteiger partial charge in [-0.25, -0.2) is 9.18 Å². The molecule has 0 aromatic heterocycles. The van der Waals surface area contributed by atoms with E-state index in [0.29, 0.717) is 0 Å². The molecule has 21 heavy (non-hydrogen) atoms. The van der Waals surface area contributed by atoms with Gasteiger partial charge in [0.1, 0.15) is 5.82 Å². The average Bonchev–Trinajstić information content (AvgIpc) is 2.36. The van der Waals surface area contributed by atoms with Crippen LogP contribution < -0.4 is 0 Å². The van der Waals surface area contributed by atoms with Gasteiger partial charge in [0.2, 0.25) is 0 Å². The normalized spacial score (nSPS) is 13.9.